The van der Waals surface area contributed by atoms with Crippen LogP contribution in [0.1, 0.15) is 0 Å². The Bertz CT molecular complexity index is 1920. The van der Waals surface area contributed by atoms with Gasteiger partial charge in [-0.2, -0.15) is 0 Å². The largest absolute Gasteiger partial charge is 0.454 e. The molecule has 0 saturated carbocycles. The van der Waals surface area contributed by atoms with Crippen LogP contribution in [0.25, 0.3) is 74.4 Å². The van der Waals surface area contributed by atoms with Gasteiger partial charge in [-0.05, 0) is 65.7 Å². The second-order valence-electron chi connectivity index (χ2n) is 8.86. The number of nitrogens with zero attached hydrogens (tertiary/aromatic N) is 1. The topological polar surface area (TPSA) is 39.2 Å². The Morgan fingerprint density at radius 2 is 1.00 bits per heavy atom. The predicted octanol–water partition coefficient (Wildman–Crippen LogP) is 10.0. The molecular formula is C31H17NO2S2. The maximum atomic E-state index is 5.62. The summed E-state index contributed by atoms with van der Waals surface area (Å²) >= 11 is 3.37. The summed E-state index contributed by atoms with van der Waals surface area (Å²) in [7, 11) is 0. The van der Waals surface area contributed by atoms with Gasteiger partial charge in [0.25, 0.3) is 0 Å². The third-order valence-electron chi connectivity index (χ3n) is 6.74. The van der Waals surface area contributed by atoms with Crippen LogP contribution in [0.5, 0.6) is 0 Å². The average Bonchev–Trinajstić information content (AvgIpc) is 3.70. The molecule has 0 spiro atoms. The standard InChI is InChI=1S/C31H17NO2S2/c1-3-18(19-7-9-28-24(16-19)22-11-13-33-30(22)35-28)15-20(4-1)26-5-2-6-27(32-26)21-8-10-29-25(17-21)23-12-14-34-31(23)36-29/h1-17H. The highest BCUT2D eigenvalue weighted by atomic mass is 32.1. The van der Waals surface area contributed by atoms with Gasteiger partial charge in [0, 0.05) is 42.1 Å². The quantitative estimate of drug-likeness (QED) is 0.243. The van der Waals surface area contributed by atoms with E-state index in [1.807, 2.05) is 6.07 Å². The smallest absolute Gasteiger partial charge is 0.188 e. The first-order chi connectivity index (χ1) is 17.8. The third kappa shape index (κ3) is 3.07. The monoisotopic (exact) mass is 499 g/mol. The number of furan rings is 2. The molecule has 0 amide bonds. The highest BCUT2D eigenvalue weighted by Gasteiger charge is 2.12. The molecule has 5 aromatic heterocycles. The van der Waals surface area contributed by atoms with Gasteiger partial charge < -0.3 is 8.83 Å². The van der Waals surface area contributed by atoms with Crippen LogP contribution >= 0.6 is 22.7 Å². The van der Waals surface area contributed by atoms with E-state index in [0.717, 1.165) is 37.7 Å². The molecule has 8 aromatic rings. The van der Waals surface area contributed by atoms with Crippen LogP contribution in [0.15, 0.2) is 112 Å². The molecule has 0 bridgehead atoms. The second kappa shape index (κ2) is 7.65. The molecule has 0 aliphatic rings. The fourth-order valence-corrected chi connectivity index (χ4v) is 6.97. The minimum absolute atomic E-state index is 0.960. The maximum absolute atomic E-state index is 5.62. The molecule has 170 valence electrons. The number of benzene rings is 3. The summed E-state index contributed by atoms with van der Waals surface area (Å²) in [5.74, 6) is 0. The summed E-state index contributed by atoms with van der Waals surface area (Å²) in [6.45, 7) is 0. The molecule has 0 radical (unpaired) electrons. The van der Waals surface area contributed by atoms with Crippen molar-refractivity contribution in [3.8, 4) is 33.6 Å². The summed E-state index contributed by atoms with van der Waals surface area (Å²) < 4.78 is 13.7. The molecule has 5 heterocycles. The fraction of sp³-hybridized carbons (Fsp3) is 0. The van der Waals surface area contributed by atoms with Gasteiger partial charge in [-0.3, -0.25) is 0 Å². The van der Waals surface area contributed by atoms with Gasteiger partial charge in [-0.15, -0.1) is 0 Å². The molecule has 0 fully saturated rings. The fourth-order valence-electron chi connectivity index (χ4n) is 4.96. The molecule has 0 unspecified atom stereocenters. The van der Waals surface area contributed by atoms with Crippen molar-refractivity contribution in [2.24, 2.45) is 0 Å². The number of hydrogen-bond acceptors (Lipinski definition) is 5. The van der Waals surface area contributed by atoms with Gasteiger partial charge in [0.05, 0.1) is 23.9 Å². The molecule has 3 nitrogen and oxygen atoms in total. The molecular weight excluding hydrogens is 482 g/mol. The van der Waals surface area contributed by atoms with E-state index in [4.69, 9.17) is 13.8 Å². The normalized spacial score (nSPS) is 11.9. The average molecular weight is 500 g/mol. The van der Waals surface area contributed by atoms with Crippen molar-refractivity contribution in [1.29, 1.82) is 0 Å². The zero-order valence-corrected chi connectivity index (χ0v) is 20.5. The molecule has 0 aliphatic carbocycles. The van der Waals surface area contributed by atoms with Crippen LogP contribution in [0, 0.1) is 0 Å². The first-order valence-corrected chi connectivity index (χ1v) is 13.3. The number of pyridine rings is 1. The van der Waals surface area contributed by atoms with Crippen molar-refractivity contribution in [3.63, 3.8) is 0 Å². The molecule has 3 aromatic carbocycles. The van der Waals surface area contributed by atoms with Crippen LogP contribution < -0.4 is 0 Å². The second-order valence-corrected chi connectivity index (χ2v) is 10.9. The summed E-state index contributed by atoms with van der Waals surface area (Å²) in [6.07, 6.45) is 3.52. The van der Waals surface area contributed by atoms with Crippen molar-refractivity contribution < 1.29 is 8.83 Å². The van der Waals surface area contributed by atoms with E-state index in [1.54, 1.807) is 35.2 Å². The lowest BCUT2D eigenvalue weighted by atomic mass is 9.99. The molecule has 36 heavy (non-hydrogen) atoms. The van der Waals surface area contributed by atoms with E-state index in [1.165, 1.54) is 36.7 Å². The molecule has 0 aliphatic heterocycles. The first kappa shape index (κ1) is 20.0. The van der Waals surface area contributed by atoms with Crippen molar-refractivity contribution in [3.05, 3.63) is 104 Å². The highest BCUT2D eigenvalue weighted by molar-refractivity contribution is 7.25. The molecule has 5 heteroatoms. The lowest BCUT2D eigenvalue weighted by Crippen LogP contribution is -1.88. The molecule has 0 saturated heterocycles. The van der Waals surface area contributed by atoms with Crippen molar-refractivity contribution in [2.45, 2.75) is 0 Å². The number of thiophene rings is 2. The minimum Gasteiger partial charge on any atom is -0.454 e. The van der Waals surface area contributed by atoms with Crippen LogP contribution in [0.3, 0.4) is 0 Å². The Morgan fingerprint density at radius 3 is 1.69 bits per heavy atom. The lowest BCUT2D eigenvalue weighted by Gasteiger charge is -2.08. The van der Waals surface area contributed by atoms with Gasteiger partial charge >= 0.3 is 0 Å². The van der Waals surface area contributed by atoms with Crippen LogP contribution in [-0.2, 0) is 0 Å². The van der Waals surface area contributed by atoms with Gasteiger partial charge in [-0.1, -0.05) is 59.1 Å². The zero-order chi connectivity index (χ0) is 23.6. The SMILES string of the molecule is c1cc(-c2ccc3sc4occc4c3c2)cc(-c2cccc(-c3ccc4sc5occc5c4c3)n2)c1. The van der Waals surface area contributed by atoms with E-state index in [2.05, 4.69) is 84.9 Å². The summed E-state index contributed by atoms with van der Waals surface area (Å²) in [4.78, 5) is 7.00. The highest BCUT2D eigenvalue weighted by Crippen LogP contribution is 2.39. The Hall–Kier alpha value is -4.19. The van der Waals surface area contributed by atoms with Crippen molar-refractivity contribution >= 4 is 63.4 Å². The Kier molecular flexibility index (Phi) is 4.26. The Morgan fingerprint density at radius 1 is 0.472 bits per heavy atom. The van der Waals surface area contributed by atoms with Crippen molar-refractivity contribution in [1.82, 2.24) is 4.98 Å². The maximum Gasteiger partial charge on any atom is 0.188 e. The summed E-state index contributed by atoms with van der Waals surface area (Å²) in [6, 6.07) is 32.1. The first-order valence-electron chi connectivity index (χ1n) is 11.7. The molecule has 0 atom stereocenters. The third-order valence-corrected chi connectivity index (χ3v) is 8.90. The Balaban J connectivity index is 1.20. The van der Waals surface area contributed by atoms with Gasteiger partial charge in [0.1, 0.15) is 0 Å². The number of fused-ring (bicyclic) bond motifs is 6. The Labute approximate surface area is 213 Å². The van der Waals surface area contributed by atoms with Gasteiger partial charge in [-0.25, -0.2) is 4.98 Å². The number of aromatic nitrogens is 1. The van der Waals surface area contributed by atoms with E-state index >= 15 is 0 Å². The minimum atomic E-state index is 0.960. The van der Waals surface area contributed by atoms with Gasteiger partial charge in [0.2, 0.25) is 0 Å². The molecule has 8 rings (SSSR count). The van der Waals surface area contributed by atoms with E-state index in [9.17, 15) is 0 Å². The van der Waals surface area contributed by atoms with E-state index in [0.29, 0.717) is 0 Å². The van der Waals surface area contributed by atoms with Crippen LogP contribution in [-0.4, -0.2) is 4.98 Å². The lowest BCUT2D eigenvalue weighted by molar-refractivity contribution is 0.623. The summed E-state index contributed by atoms with van der Waals surface area (Å²) in [5.41, 5.74) is 6.49. The van der Waals surface area contributed by atoms with Crippen LogP contribution in [0.2, 0.25) is 0 Å². The van der Waals surface area contributed by atoms with Crippen LogP contribution in [0.4, 0.5) is 0 Å². The van der Waals surface area contributed by atoms with E-state index in [-0.39, 0.29) is 0 Å². The molecule has 0 N–H and O–H groups in total. The number of hydrogen-bond donors (Lipinski definition) is 0. The summed E-state index contributed by atoms with van der Waals surface area (Å²) in [5, 5.41) is 4.79. The predicted molar refractivity (Wildman–Crippen MR) is 151 cm³/mol. The van der Waals surface area contributed by atoms with Crippen molar-refractivity contribution in [2.75, 3.05) is 0 Å². The van der Waals surface area contributed by atoms with Gasteiger partial charge in [0.15, 0.2) is 9.79 Å². The van der Waals surface area contributed by atoms with E-state index < -0.39 is 0 Å². The number of rotatable bonds is 3. The zero-order valence-electron chi connectivity index (χ0n) is 18.9.